The number of amides is 1. The predicted molar refractivity (Wildman–Crippen MR) is 74.5 cm³/mol. The second kappa shape index (κ2) is 6.79. The van der Waals surface area contributed by atoms with Crippen molar-refractivity contribution in [2.24, 2.45) is 0 Å². The van der Waals surface area contributed by atoms with Gasteiger partial charge in [-0.1, -0.05) is 13.0 Å². The number of nitrogens with one attached hydrogen (secondary N) is 1. The second-order valence-electron chi connectivity index (χ2n) is 4.39. The van der Waals surface area contributed by atoms with Gasteiger partial charge in [-0.05, 0) is 31.0 Å². The van der Waals surface area contributed by atoms with Gasteiger partial charge in [0, 0.05) is 32.4 Å². The van der Waals surface area contributed by atoms with Crippen LogP contribution in [-0.2, 0) is 11.3 Å². The lowest BCUT2D eigenvalue weighted by Crippen LogP contribution is -2.23. The third kappa shape index (κ3) is 4.20. The molecule has 0 saturated carbocycles. The molecule has 4 heteroatoms. The zero-order chi connectivity index (χ0) is 13.5. The summed E-state index contributed by atoms with van der Waals surface area (Å²) in [5.41, 5.74) is 1.81. The molecule has 1 N–H and O–H groups in total. The third-order valence-electron chi connectivity index (χ3n) is 2.59. The molecule has 1 aromatic heterocycles. The normalized spacial score (nSPS) is 11.2. The third-order valence-corrected chi connectivity index (χ3v) is 2.59. The molecule has 0 atom stereocenters. The van der Waals surface area contributed by atoms with Crippen molar-refractivity contribution in [1.82, 2.24) is 10.3 Å². The van der Waals surface area contributed by atoms with Crippen LogP contribution in [0.2, 0.25) is 0 Å². The Hall–Kier alpha value is -1.84. The number of nitrogens with zero attached hydrogens (tertiary/aromatic N) is 2. The lowest BCUT2D eigenvalue weighted by molar-refractivity contribution is -0.117. The number of aromatic nitrogens is 1. The molecule has 1 rings (SSSR count). The van der Waals surface area contributed by atoms with Crippen LogP contribution >= 0.6 is 0 Å². The number of hydrogen-bond donors (Lipinski definition) is 1. The van der Waals surface area contributed by atoms with Crippen LogP contribution in [0.5, 0.6) is 0 Å². The number of carbonyl (C=O) groups is 1. The molecule has 1 heterocycles. The van der Waals surface area contributed by atoms with E-state index >= 15 is 0 Å². The van der Waals surface area contributed by atoms with Crippen LogP contribution in [-0.4, -0.2) is 25.0 Å². The maximum Gasteiger partial charge on any atom is 0.246 e. The molecule has 0 aliphatic carbocycles. The van der Waals surface area contributed by atoms with Gasteiger partial charge < -0.3 is 10.2 Å². The predicted octanol–water partition coefficient (Wildman–Crippen LogP) is 2.12. The SMILES string of the molecule is CCC=C(C)C(=O)NCc1ccnc(N(C)C)c1. The van der Waals surface area contributed by atoms with E-state index < -0.39 is 0 Å². The first kappa shape index (κ1) is 14.2. The van der Waals surface area contributed by atoms with Gasteiger partial charge in [-0.25, -0.2) is 4.98 Å². The zero-order valence-electron chi connectivity index (χ0n) is 11.5. The highest BCUT2D eigenvalue weighted by Crippen LogP contribution is 2.09. The molecule has 0 saturated heterocycles. The fraction of sp³-hybridized carbons (Fsp3) is 0.429. The van der Waals surface area contributed by atoms with Gasteiger partial charge in [0.1, 0.15) is 5.82 Å². The Labute approximate surface area is 109 Å². The van der Waals surface area contributed by atoms with Gasteiger partial charge in [-0.15, -0.1) is 0 Å². The van der Waals surface area contributed by atoms with Gasteiger partial charge in [0.15, 0.2) is 0 Å². The van der Waals surface area contributed by atoms with Crippen molar-refractivity contribution in [3.63, 3.8) is 0 Å². The van der Waals surface area contributed by atoms with Crippen molar-refractivity contribution in [2.45, 2.75) is 26.8 Å². The minimum absolute atomic E-state index is 0.0138. The van der Waals surface area contributed by atoms with Gasteiger partial charge in [-0.3, -0.25) is 4.79 Å². The minimum Gasteiger partial charge on any atom is -0.363 e. The van der Waals surface area contributed by atoms with E-state index in [0.717, 1.165) is 23.4 Å². The highest BCUT2D eigenvalue weighted by Gasteiger charge is 2.04. The number of anilines is 1. The van der Waals surface area contributed by atoms with Gasteiger partial charge in [-0.2, -0.15) is 0 Å². The molecular weight excluding hydrogens is 226 g/mol. The Morgan fingerprint density at radius 2 is 2.22 bits per heavy atom. The first-order chi connectivity index (χ1) is 8.54. The number of rotatable bonds is 5. The van der Waals surface area contributed by atoms with E-state index in [1.165, 1.54) is 0 Å². The lowest BCUT2D eigenvalue weighted by atomic mass is 10.2. The molecule has 0 aliphatic heterocycles. The van der Waals surface area contributed by atoms with E-state index in [1.807, 2.05) is 51.1 Å². The van der Waals surface area contributed by atoms with E-state index in [1.54, 1.807) is 6.20 Å². The van der Waals surface area contributed by atoms with Crippen molar-refractivity contribution in [3.8, 4) is 0 Å². The summed E-state index contributed by atoms with van der Waals surface area (Å²) in [5, 5.41) is 2.90. The van der Waals surface area contributed by atoms with E-state index in [9.17, 15) is 4.79 Å². The first-order valence-electron chi connectivity index (χ1n) is 6.11. The first-order valence-corrected chi connectivity index (χ1v) is 6.11. The fourth-order valence-electron chi connectivity index (χ4n) is 1.54. The summed E-state index contributed by atoms with van der Waals surface area (Å²) in [5.74, 6) is 0.877. The number of pyridine rings is 1. The molecule has 98 valence electrons. The summed E-state index contributed by atoms with van der Waals surface area (Å²) in [6.45, 7) is 4.37. The summed E-state index contributed by atoms with van der Waals surface area (Å²) in [4.78, 5) is 17.9. The highest BCUT2D eigenvalue weighted by atomic mass is 16.1. The molecule has 0 fully saturated rings. The van der Waals surface area contributed by atoms with Crippen molar-refractivity contribution < 1.29 is 4.79 Å². The molecular formula is C14H21N3O. The van der Waals surface area contributed by atoms with Crippen molar-refractivity contribution >= 4 is 11.7 Å². The van der Waals surface area contributed by atoms with Crippen molar-refractivity contribution in [1.29, 1.82) is 0 Å². The average Bonchev–Trinajstić information content (AvgIpc) is 2.36. The van der Waals surface area contributed by atoms with E-state index in [4.69, 9.17) is 0 Å². The second-order valence-corrected chi connectivity index (χ2v) is 4.39. The zero-order valence-corrected chi connectivity index (χ0v) is 11.5. The van der Waals surface area contributed by atoms with Crippen LogP contribution in [0.3, 0.4) is 0 Å². The molecule has 18 heavy (non-hydrogen) atoms. The summed E-state index contributed by atoms with van der Waals surface area (Å²) in [6.07, 6.45) is 4.55. The van der Waals surface area contributed by atoms with Gasteiger partial charge >= 0.3 is 0 Å². The van der Waals surface area contributed by atoms with E-state index in [2.05, 4.69) is 10.3 Å². The molecule has 0 spiro atoms. The maximum atomic E-state index is 11.7. The topological polar surface area (TPSA) is 45.2 Å². The van der Waals surface area contributed by atoms with Crippen LogP contribution in [0.4, 0.5) is 5.82 Å². The van der Waals surface area contributed by atoms with Crippen LogP contribution in [0, 0.1) is 0 Å². The van der Waals surface area contributed by atoms with E-state index in [-0.39, 0.29) is 5.91 Å². The summed E-state index contributed by atoms with van der Waals surface area (Å²) < 4.78 is 0. The van der Waals surface area contributed by atoms with Gasteiger partial charge in [0.2, 0.25) is 5.91 Å². The smallest absolute Gasteiger partial charge is 0.246 e. The largest absolute Gasteiger partial charge is 0.363 e. The quantitative estimate of drug-likeness (QED) is 0.811. The van der Waals surface area contributed by atoms with Crippen LogP contribution in [0.25, 0.3) is 0 Å². The van der Waals surface area contributed by atoms with E-state index in [0.29, 0.717) is 6.54 Å². The van der Waals surface area contributed by atoms with Crippen LogP contribution in [0.1, 0.15) is 25.8 Å². The molecule has 0 aromatic carbocycles. The Morgan fingerprint density at radius 1 is 1.50 bits per heavy atom. The monoisotopic (exact) mass is 247 g/mol. The lowest BCUT2D eigenvalue weighted by Gasteiger charge is -2.12. The number of hydrogen-bond acceptors (Lipinski definition) is 3. The fourth-order valence-corrected chi connectivity index (χ4v) is 1.54. The van der Waals surface area contributed by atoms with Crippen LogP contribution < -0.4 is 10.2 Å². The van der Waals surface area contributed by atoms with Crippen molar-refractivity contribution in [2.75, 3.05) is 19.0 Å². The highest BCUT2D eigenvalue weighted by molar-refractivity contribution is 5.92. The number of allylic oxidation sites excluding steroid dienone is 1. The summed E-state index contributed by atoms with van der Waals surface area (Å²) >= 11 is 0. The molecule has 0 unspecified atom stereocenters. The summed E-state index contributed by atoms with van der Waals surface area (Å²) in [7, 11) is 3.89. The molecule has 0 radical (unpaired) electrons. The van der Waals surface area contributed by atoms with Crippen LogP contribution in [0.15, 0.2) is 30.0 Å². The van der Waals surface area contributed by atoms with Gasteiger partial charge in [0.05, 0.1) is 0 Å². The Kier molecular flexibility index (Phi) is 5.36. The van der Waals surface area contributed by atoms with Crippen molar-refractivity contribution in [3.05, 3.63) is 35.5 Å². The standard InChI is InChI=1S/C14H21N3O/c1-5-6-11(2)14(18)16-10-12-7-8-15-13(9-12)17(3)4/h6-9H,5,10H2,1-4H3,(H,16,18). The molecule has 1 aromatic rings. The molecule has 1 amide bonds. The maximum absolute atomic E-state index is 11.7. The average molecular weight is 247 g/mol. The van der Waals surface area contributed by atoms with Gasteiger partial charge in [0.25, 0.3) is 0 Å². The molecule has 0 bridgehead atoms. The Bertz CT molecular complexity index is 438. The Balaban J connectivity index is 2.61. The minimum atomic E-state index is -0.0138. The summed E-state index contributed by atoms with van der Waals surface area (Å²) in [6, 6.07) is 3.88. The Morgan fingerprint density at radius 3 is 2.83 bits per heavy atom. The molecule has 4 nitrogen and oxygen atoms in total. The number of carbonyl (C=O) groups excluding carboxylic acids is 1. The molecule has 0 aliphatic rings.